The van der Waals surface area contributed by atoms with Gasteiger partial charge in [0.25, 0.3) is 0 Å². The van der Waals surface area contributed by atoms with Gasteiger partial charge in [-0.25, -0.2) is 0 Å². The largest absolute Gasteiger partial charge is 0.287 e. The van der Waals surface area contributed by atoms with Gasteiger partial charge >= 0.3 is 0 Å². The molecule has 1 heterocycles. The number of ketones is 1. The second-order valence-corrected chi connectivity index (χ2v) is 2.51. The van der Waals surface area contributed by atoms with Crippen LogP contribution < -0.4 is 0 Å². The van der Waals surface area contributed by atoms with E-state index < -0.39 is 0 Å². The van der Waals surface area contributed by atoms with Gasteiger partial charge in [0.1, 0.15) is 5.69 Å². The van der Waals surface area contributed by atoms with Gasteiger partial charge in [0.05, 0.1) is 0 Å². The maximum absolute atomic E-state index is 11.0. The van der Waals surface area contributed by atoms with E-state index >= 15 is 0 Å². The average Bonchev–Trinajstić information content (AvgIpc) is 2.36. The zero-order chi connectivity index (χ0) is 7.56. The fourth-order valence-electron chi connectivity index (χ4n) is 0.482. The predicted octanol–water partition coefficient (Wildman–Crippen LogP) is 1.30. The Kier molecular flexibility index (Phi) is 1.91. The molecule has 0 saturated heterocycles. The summed E-state index contributed by atoms with van der Waals surface area (Å²) in [5, 5.41) is 5.20. The van der Waals surface area contributed by atoms with E-state index in [0.717, 1.165) is 11.5 Å². The summed E-state index contributed by atoms with van der Waals surface area (Å²) < 4.78 is 3.56. The van der Waals surface area contributed by atoms with Crippen LogP contribution in [0, 0.1) is 0 Å². The topological polar surface area (TPSA) is 42.9 Å². The molecule has 0 aromatic carbocycles. The van der Waals surface area contributed by atoms with Crippen molar-refractivity contribution in [2.75, 3.05) is 0 Å². The van der Waals surface area contributed by atoms with Gasteiger partial charge in [-0.3, -0.25) is 4.79 Å². The molecule has 4 heteroatoms. The van der Waals surface area contributed by atoms with Gasteiger partial charge < -0.3 is 0 Å². The third kappa shape index (κ3) is 1.27. The lowest BCUT2D eigenvalue weighted by Gasteiger charge is -1.89. The van der Waals surface area contributed by atoms with E-state index in [1.807, 2.05) is 0 Å². The molecular formula is C6H6N2OS. The molecule has 0 unspecified atom stereocenters. The lowest BCUT2D eigenvalue weighted by molar-refractivity contribution is 0.103. The number of Topliss-reactive ketones (excluding diaryl/α,β-unsaturated/α-hetero) is 1. The zero-order valence-corrected chi connectivity index (χ0v) is 6.31. The van der Waals surface area contributed by atoms with Crippen LogP contribution in [0.15, 0.2) is 17.5 Å². The Bertz CT molecular complexity index is 253. The van der Waals surface area contributed by atoms with Gasteiger partial charge in [0, 0.05) is 5.38 Å². The molecule has 0 N–H and O–H groups in total. The first-order valence-corrected chi connectivity index (χ1v) is 3.52. The molecule has 0 saturated carbocycles. The number of carbonyl (C=O) groups excluding carboxylic acids is 1. The summed E-state index contributed by atoms with van der Waals surface area (Å²) >= 11 is 1.16. The monoisotopic (exact) mass is 154 g/mol. The van der Waals surface area contributed by atoms with E-state index in [1.54, 1.807) is 12.3 Å². The first-order valence-electron chi connectivity index (χ1n) is 2.69. The summed E-state index contributed by atoms with van der Waals surface area (Å²) in [6, 6.07) is 0. The van der Waals surface area contributed by atoms with E-state index in [4.69, 9.17) is 0 Å². The number of hydrogen-bond acceptors (Lipinski definition) is 4. The number of allylic oxidation sites excluding steroid dienone is 1. The molecule has 0 aliphatic rings. The Morgan fingerprint density at radius 2 is 2.50 bits per heavy atom. The SMILES string of the molecule is C=C(C)C(=O)c1csnn1. The minimum atomic E-state index is -0.131. The number of nitrogens with zero attached hydrogens (tertiary/aromatic N) is 2. The Morgan fingerprint density at radius 1 is 1.80 bits per heavy atom. The molecule has 0 amide bonds. The molecule has 0 atom stereocenters. The van der Waals surface area contributed by atoms with E-state index in [-0.39, 0.29) is 5.78 Å². The van der Waals surface area contributed by atoms with Crippen LogP contribution in [0.2, 0.25) is 0 Å². The van der Waals surface area contributed by atoms with Crippen LogP contribution in [0.4, 0.5) is 0 Å². The van der Waals surface area contributed by atoms with Crippen LogP contribution in [0.5, 0.6) is 0 Å². The highest BCUT2D eigenvalue weighted by atomic mass is 32.1. The second-order valence-electron chi connectivity index (χ2n) is 1.90. The Balaban J connectivity index is 2.88. The minimum absolute atomic E-state index is 0.131. The highest BCUT2D eigenvalue weighted by Crippen LogP contribution is 2.03. The number of hydrogen-bond donors (Lipinski definition) is 0. The Hall–Kier alpha value is -1.03. The summed E-state index contributed by atoms with van der Waals surface area (Å²) in [6.07, 6.45) is 0. The summed E-state index contributed by atoms with van der Waals surface area (Å²) in [7, 11) is 0. The molecule has 0 aliphatic heterocycles. The molecule has 0 fully saturated rings. The third-order valence-corrected chi connectivity index (χ3v) is 1.48. The molecule has 0 aliphatic carbocycles. The molecule has 10 heavy (non-hydrogen) atoms. The van der Waals surface area contributed by atoms with Crippen molar-refractivity contribution in [3.05, 3.63) is 23.2 Å². The summed E-state index contributed by atoms with van der Waals surface area (Å²) in [4.78, 5) is 11.0. The zero-order valence-electron chi connectivity index (χ0n) is 5.50. The summed E-state index contributed by atoms with van der Waals surface area (Å²) in [5.41, 5.74) is 0.880. The second kappa shape index (κ2) is 2.70. The van der Waals surface area contributed by atoms with E-state index in [2.05, 4.69) is 16.2 Å². The molecule has 52 valence electrons. The van der Waals surface area contributed by atoms with Crippen molar-refractivity contribution in [3.8, 4) is 0 Å². The van der Waals surface area contributed by atoms with Crippen molar-refractivity contribution in [2.45, 2.75) is 6.92 Å². The lowest BCUT2D eigenvalue weighted by Crippen LogP contribution is -1.99. The maximum Gasteiger partial charge on any atom is 0.209 e. The van der Waals surface area contributed by atoms with Gasteiger partial charge in [-0.2, -0.15) is 0 Å². The van der Waals surface area contributed by atoms with Crippen LogP contribution in [0.1, 0.15) is 17.4 Å². The normalized spacial score (nSPS) is 9.30. The molecule has 1 rings (SSSR count). The third-order valence-electron chi connectivity index (χ3n) is 0.980. The van der Waals surface area contributed by atoms with E-state index in [0.29, 0.717) is 11.3 Å². The highest BCUT2D eigenvalue weighted by Gasteiger charge is 2.07. The quantitative estimate of drug-likeness (QED) is 0.476. The molecule has 1 aromatic heterocycles. The molecule has 0 radical (unpaired) electrons. The first kappa shape index (κ1) is 7.08. The van der Waals surface area contributed by atoms with Crippen molar-refractivity contribution in [1.82, 2.24) is 9.59 Å². The fourth-order valence-corrected chi connectivity index (χ4v) is 0.918. The summed E-state index contributed by atoms with van der Waals surface area (Å²) in [6.45, 7) is 5.15. The van der Waals surface area contributed by atoms with E-state index in [1.165, 1.54) is 0 Å². The average molecular weight is 154 g/mol. The Labute approximate surface area is 62.6 Å². The number of aromatic nitrogens is 2. The van der Waals surface area contributed by atoms with Gasteiger partial charge in [-0.15, -0.1) is 5.10 Å². The molecule has 0 bridgehead atoms. The molecule has 0 spiro atoms. The fraction of sp³-hybridized carbons (Fsp3) is 0.167. The van der Waals surface area contributed by atoms with Crippen LogP contribution in [-0.2, 0) is 0 Å². The van der Waals surface area contributed by atoms with Crippen molar-refractivity contribution in [1.29, 1.82) is 0 Å². The van der Waals surface area contributed by atoms with Crippen LogP contribution in [0.3, 0.4) is 0 Å². The Morgan fingerprint density at radius 3 is 2.90 bits per heavy atom. The standard InChI is InChI=1S/C6H6N2OS/c1-4(2)6(9)5-3-10-8-7-5/h3H,1H2,2H3. The smallest absolute Gasteiger partial charge is 0.209 e. The van der Waals surface area contributed by atoms with Crippen LogP contribution >= 0.6 is 11.5 Å². The van der Waals surface area contributed by atoms with Gasteiger partial charge in [-0.1, -0.05) is 11.1 Å². The molecule has 1 aromatic rings. The molecular weight excluding hydrogens is 148 g/mol. The van der Waals surface area contributed by atoms with Crippen molar-refractivity contribution < 1.29 is 4.79 Å². The molecule has 3 nitrogen and oxygen atoms in total. The van der Waals surface area contributed by atoms with Gasteiger partial charge in [0.2, 0.25) is 5.78 Å². The first-order chi connectivity index (χ1) is 4.72. The van der Waals surface area contributed by atoms with Crippen molar-refractivity contribution in [3.63, 3.8) is 0 Å². The predicted molar refractivity (Wildman–Crippen MR) is 39.1 cm³/mol. The van der Waals surface area contributed by atoms with Crippen LogP contribution in [-0.4, -0.2) is 15.4 Å². The highest BCUT2D eigenvalue weighted by molar-refractivity contribution is 7.03. The van der Waals surface area contributed by atoms with Crippen molar-refractivity contribution in [2.24, 2.45) is 0 Å². The van der Waals surface area contributed by atoms with Crippen molar-refractivity contribution >= 4 is 17.3 Å². The minimum Gasteiger partial charge on any atom is -0.287 e. The lowest BCUT2D eigenvalue weighted by atomic mass is 10.2. The maximum atomic E-state index is 11.0. The number of carbonyl (C=O) groups is 1. The van der Waals surface area contributed by atoms with Gasteiger partial charge in [0.15, 0.2) is 0 Å². The summed E-state index contributed by atoms with van der Waals surface area (Å²) in [5.74, 6) is -0.131. The van der Waals surface area contributed by atoms with Crippen LogP contribution in [0.25, 0.3) is 0 Å². The number of rotatable bonds is 2. The van der Waals surface area contributed by atoms with E-state index in [9.17, 15) is 4.79 Å². The van der Waals surface area contributed by atoms with Gasteiger partial charge in [-0.05, 0) is 24.0 Å².